The van der Waals surface area contributed by atoms with Gasteiger partial charge in [-0.15, -0.1) is 0 Å². The number of aliphatic carboxylic acids is 1. The molecule has 1 aromatic carbocycles. The fourth-order valence-corrected chi connectivity index (χ4v) is 3.47. The molecule has 1 saturated carbocycles. The van der Waals surface area contributed by atoms with Crippen molar-refractivity contribution >= 4 is 23.5 Å². The molecule has 0 unspecified atom stereocenters. The highest BCUT2D eigenvalue weighted by Gasteiger charge is 2.51. The summed E-state index contributed by atoms with van der Waals surface area (Å²) >= 11 is 0. The summed E-state index contributed by atoms with van der Waals surface area (Å²) < 4.78 is 0. The average Bonchev–Trinajstić information content (AvgIpc) is 3.07. The molecule has 3 rings (SSSR count). The molecule has 0 heterocycles. The first-order valence-corrected chi connectivity index (χ1v) is 7.02. The molecule has 4 atom stereocenters. The zero-order valence-electron chi connectivity index (χ0n) is 11.6. The Labute approximate surface area is 126 Å². The van der Waals surface area contributed by atoms with Gasteiger partial charge >= 0.3 is 11.9 Å². The zero-order valence-corrected chi connectivity index (χ0v) is 11.6. The molecule has 0 radical (unpaired) electrons. The second-order valence-electron chi connectivity index (χ2n) is 5.71. The largest absolute Gasteiger partial charge is 0.481 e. The van der Waals surface area contributed by atoms with E-state index in [1.807, 2.05) is 12.2 Å². The van der Waals surface area contributed by atoms with Gasteiger partial charge < -0.3 is 15.5 Å². The Bertz CT molecular complexity index is 681. The van der Waals surface area contributed by atoms with Crippen molar-refractivity contribution in [3.05, 3.63) is 42.0 Å². The van der Waals surface area contributed by atoms with Crippen molar-refractivity contribution in [2.45, 2.75) is 6.42 Å². The zero-order chi connectivity index (χ0) is 15.9. The molecule has 1 fully saturated rings. The molecule has 1 aromatic rings. The van der Waals surface area contributed by atoms with Gasteiger partial charge in [-0.3, -0.25) is 9.59 Å². The molecular formula is C16H15NO5. The van der Waals surface area contributed by atoms with Gasteiger partial charge in [0, 0.05) is 5.69 Å². The molecule has 0 aromatic heterocycles. The number of carboxylic acid groups (broad SMARTS) is 2. The number of amides is 1. The number of rotatable bonds is 4. The number of aromatic carboxylic acids is 1. The van der Waals surface area contributed by atoms with Gasteiger partial charge in [-0.1, -0.05) is 18.2 Å². The number of carbonyl (C=O) groups excluding carboxylic acids is 1. The van der Waals surface area contributed by atoms with Gasteiger partial charge in [-0.05, 0) is 36.5 Å². The van der Waals surface area contributed by atoms with Crippen LogP contribution in [0.1, 0.15) is 16.8 Å². The minimum atomic E-state index is -1.08. The molecule has 2 aliphatic rings. The number of carboxylic acids is 2. The summed E-state index contributed by atoms with van der Waals surface area (Å²) in [5.41, 5.74) is 0.432. The molecule has 3 N–H and O–H groups in total. The SMILES string of the molecule is O=C(O)c1cccc(NC(=O)[C@@H]2[C@H](C(=O)O)[C@H]3C=C[C@H]2C3)c1. The lowest BCUT2D eigenvalue weighted by atomic mass is 9.82. The molecule has 114 valence electrons. The number of hydrogen-bond donors (Lipinski definition) is 3. The van der Waals surface area contributed by atoms with E-state index >= 15 is 0 Å². The maximum Gasteiger partial charge on any atom is 0.335 e. The fraction of sp³-hybridized carbons (Fsp3) is 0.312. The normalized spacial score (nSPS) is 28.5. The minimum absolute atomic E-state index is 0.0613. The van der Waals surface area contributed by atoms with Crippen LogP contribution in [0.4, 0.5) is 5.69 Å². The van der Waals surface area contributed by atoms with Crippen LogP contribution >= 0.6 is 0 Å². The predicted molar refractivity (Wildman–Crippen MR) is 77.4 cm³/mol. The van der Waals surface area contributed by atoms with Crippen molar-refractivity contribution in [1.29, 1.82) is 0 Å². The highest BCUT2D eigenvalue weighted by atomic mass is 16.4. The molecule has 2 bridgehead atoms. The highest BCUT2D eigenvalue weighted by molar-refractivity contribution is 5.97. The Morgan fingerprint density at radius 1 is 1.05 bits per heavy atom. The van der Waals surface area contributed by atoms with Crippen LogP contribution in [0.25, 0.3) is 0 Å². The number of nitrogens with one attached hydrogen (secondary N) is 1. The summed E-state index contributed by atoms with van der Waals surface area (Å²) in [5.74, 6) is -3.89. The van der Waals surface area contributed by atoms with E-state index in [9.17, 15) is 19.5 Å². The van der Waals surface area contributed by atoms with E-state index < -0.39 is 23.8 Å². The van der Waals surface area contributed by atoms with Gasteiger partial charge in [0.1, 0.15) is 0 Å². The van der Waals surface area contributed by atoms with Gasteiger partial charge in [0.15, 0.2) is 0 Å². The maximum atomic E-state index is 12.4. The van der Waals surface area contributed by atoms with Crippen molar-refractivity contribution in [3.63, 3.8) is 0 Å². The monoisotopic (exact) mass is 301 g/mol. The Hall–Kier alpha value is -2.63. The van der Waals surface area contributed by atoms with Gasteiger partial charge in [0.2, 0.25) is 5.91 Å². The van der Waals surface area contributed by atoms with Crippen LogP contribution in [0.2, 0.25) is 0 Å². The molecular weight excluding hydrogens is 286 g/mol. The van der Waals surface area contributed by atoms with Crippen molar-refractivity contribution in [2.24, 2.45) is 23.7 Å². The predicted octanol–water partition coefficient (Wildman–Crippen LogP) is 1.85. The van der Waals surface area contributed by atoms with Crippen molar-refractivity contribution in [3.8, 4) is 0 Å². The molecule has 0 spiro atoms. The van der Waals surface area contributed by atoms with E-state index in [1.165, 1.54) is 18.2 Å². The average molecular weight is 301 g/mol. The van der Waals surface area contributed by atoms with Crippen molar-refractivity contribution in [1.82, 2.24) is 0 Å². The molecule has 1 amide bonds. The first kappa shape index (κ1) is 14.3. The van der Waals surface area contributed by atoms with Gasteiger partial charge in [0.05, 0.1) is 17.4 Å². The quantitative estimate of drug-likeness (QED) is 0.736. The Morgan fingerprint density at radius 2 is 1.73 bits per heavy atom. The number of fused-ring (bicyclic) bond motifs is 2. The Kier molecular flexibility index (Phi) is 3.44. The second-order valence-corrected chi connectivity index (χ2v) is 5.71. The Morgan fingerprint density at radius 3 is 2.36 bits per heavy atom. The summed E-state index contributed by atoms with van der Waals surface area (Å²) in [6.45, 7) is 0. The van der Waals surface area contributed by atoms with Crippen LogP contribution in [-0.4, -0.2) is 28.1 Å². The molecule has 6 nitrogen and oxygen atoms in total. The summed E-state index contributed by atoms with van der Waals surface area (Å²) in [7, 11) is 0. The second kappa shape index (κ2) is 5.29. The number of benzene rings is 1. The van der Waals surface area contributed by atoms with Crippen LogP contribution in [0, 0.1) is 23.7 Å². The van der Waals surface area contributed by atoms with E-state index in [4.69, 9.17) is 5.11 Å². The number of allylic oxidation sites excluding steroid dienone is 2. The van der Waals surface area contributed by atoms with Gasteiger partial charge in [0.25, 0.3) is 0 Å². The summed E-state index contributed by atoms with van der Waals surface area (Å²) in [4.78, 5) is 34.8. The highest BCUT2D eigenvalue weighted by Crippen LogP contribution is 2.48. The van der Waals surface area contributed by atoms with Crippen LogP contribution in [-0.2, 0) is 9.59 Å². The van der Waals surface area contributed by atoms with Crippen LogP contribution in [0.5, 0.6) is 0 Å². The topological polar surface area (TPSA) is 104 Å². The molecule has 6 heteroatoms. The van der Waals surface area contributed by atoms with Gasteiger partial charge in [-0.2, -0.15) is 0 Å². The number of anilines is 1. The van der Waals surface area contributed by atoms with Crippen LogP contribution in [0.3, 0.4) is 0 Å². The summed E-state index contributed by atoms with van der Waals surface area (Å²) in [6, 6.07) is 5.91. The van der Waals surface area contributed by atoms with E-state index in [1.54, 1.807) is 6.07 Å². The smallest absolute Gasteiger partial charge is 0.335 e. The lowest BCUT2D eigenvalue weighted by molar-refractivity contribution is -0.146. The lowest BCUT2D eigenvalue weighted by Gasteiger charge is -2.23. The molecule has 22 heavy (non-hydrogen) atoms. The Balaban J connectivity index is 1.80. The molecule has 2 aliphatic carbocycles. The lowest BCUT2D eigenvalue weighted by Crippen LogP contribution is -2.36. The van der Waals surface area contributed by atoms with Crippen LogP contribution < -0.4 is 5.32 Å². The van der Waals surface area contributed by atoms with Crippen LogP contribution in [0.15, 0.2) is 36.4 Å². The minimum Gasteiger partial charge on any atom is -0.481 e. The maximum absolute atomic E-state index is 12.4. The first-order chi connectivity index (χ1) is 10.5. The number of carbonyl (C=O) groups is 3. The van der Waals surface area contributed by atoms with E-state index in [-0.39, 0.29) is 23.3 Å². The molecule has 0 saturated heterocycles. The third kappa shape index (κ3) is 2.36. The first-order valence-electron chi connectivity index (χ1n) is 7.02. The summed E-state index contributed by atoms with van der Waals surface area (Å²) in [6.07, 6.45) is 4.46. The van der Waals surface area contributed by atoms with E-state index in [0.717, 1.165) is 0 Å². The van der Waals surface area contributed by atoms with E-state index in [2.05, 4.69) is 5.32 Å². The third-order valence-corrected chi connectivity index (χ3v) is 4.42. The van der Waals surface area contributed by atoms with Gasteiger partial charge in [-0.25, -0.2) is 4.79 Å². The third-order valence-electron chi connectivity index (χ3n) is 4.42. The standard InChI is InChI=1S/C16H15NO5/c18-14(17-11-3-1-2-10(7-11)15(19)20)12-8-4-5-9(6-8)13(12)16(21)22/h1-5,7-9,12-13H,6H2,(H,17,18)(H,19,20)(H,21,22)/t8-,9-,12-,13+/m0/s1. The van der Waals surface area contributed by atoms with Crippen molar-refractivity contribution < 1.29 is 24.6 Å². The fourth-order valence-electron chi connectivity index (χ4n) is 3.47. The van der Waals surface area contributed by atoms with E-state index in [0.29, 0.717) is 12.1 Å². The number of hydrogen-bond acceptors (Lipinski definition) is 3. The van der Waals surface area contributed by atoms with Crippen molar-refractivity contribution in [2.75, 3.05) is 5.32 Å². The molecule has 0 aliphatic heterocycles. The summed E-state index contributed by atoms with van der Waals surface area (Å²) in [5, 5.41) is 21.0.